The Hall–Kier alpha value is -2.17. The fourth-order valence-corrected chi connectivity index (χ4v) is 2.03. The zero-order valence-corrected chi connectivity index (χ0v) is 13.7. The first kappa shape index (κ1) is 18.2. The Balaban J connectivity index is 1.64. The molecule has 2 aromatic carbocycles. The largest absolute Gasteiger partial charge is 0.491 e. The summed E-state index contributed by atoms with van der Waals surface area (Å²) in [5.41, 5.74) is 2.29. The van der Waals surface area contributed by atoms with E-state index < -0.39 is 6.67 Å². The summed E-state index contributed by atoms with van der Waals surface area (Å²) < 4.78 is 27.7. The molecule has 0 aliphatic carbocycles. The van der Waals surface area contributed by atoms with Crippen molar-refractivity contribution in [3.63, 3.8) is 0 Å². The summed E-state index contributed by atoms with van der Waals surface area (Å²) in [6, 6.07) is 18.1. The highest BCUT2D eigenvalue weighted by molar-refractivity contribution is 5.69. The van der Waals surface area contributed by atoms with E-state index in [1.165, 1.54) is 5.56 Å². The summed E-state index contributed by atoms with van der Waals surface area (Å²) in [5, 5.41) is 0. The van der Waals surface area contributed by atoms with Crippen molar-refractivity contribution in [2.45, 2.75) is 0 Å². The molecular weight excluding hydrogens is 307 g/mol. The molecule has 0 heterocycles. The van der Waals surface area contributed by atoms with Gasteiger partial charge in [0.1, 0.15) is 19.0 Å². The minimum Gasteiger partial charge on any atom is -0.491 e. The fourth-order valence-electron chi connectivity index (χ4n) is 2.03. The normalized spacial score (nSPS) is 11.0. The summed E-state index contributed by atoms with van der Waals surface area (Å²) in [4.78, 5) is 0. The summed E-state index contributed by atoms with van der Waals surface area (Å²) in [6.07, 6.45) is 4.15. The Bertz CT molecular complexity index is 582. The van der Waals surface area contributed by atoms with Gasteiger partial charge in [0.2, 0.25) is 0 Å². The van der Waals surface area contributed by atoms with Gasteiger partial charge in [0, 0.05) is 0 Å². The summed E-state index contributed by atoms with van der Waals surface area (Å²) in [7, 11) is 0. The van der Waals surface area contributed by atoms with Gasteiger partial charge in [0.05, 0.1) is 26.4 Å². The molecule has 2 rings (SSSR count). The topological polar surface area (TPSA) is 27.7 Å². The van der Waals surface area contributed by atoms with Gasteiger partial charge in [0.25, 0.3) is 0 Å². The molecule has 0 fully saturated rings. The summed E-state index contributed by atoms with van der Waals surface area (Å²) >= 11 is 0. The number of benzene rings is 2. The second-order valence-electron chi connectivity index (χ2n) is 5.08. The van der Waals surface area contributed by atoms with Crippen LogP contribution in [0.1, 0.15) is 11.1 Å². The number of alkyl halides is 1. The van der Waals surface area contributed by atoms with Crippen molar-refractivity contribution in [2.24, 2.45) is 0 Å². The highest BCUT2D eigenvalue weighted by atomic mass is 19.1. The molecule has 24 heavy (non-hydrogen) atoms. The molecule has 0 atom stereocenters. The number of halogens is 1. The van der Waals surface area contributed by atoms with E-state index in [2.05, 4.69) is 24.3 Å². The molecule has 0 bridgehead atoms. The van der Waals surface area contributed by atoms with Crippen LogP contribution in [0.4, 0.5) is 4.39 Å². The standard InChI is InChI=1S/C20H23FO3/c21-12-13-22-14-15-23-16-17-24-20-10-8-19(9-11-20)7-6-18-4-2-1-3-5-18/h1-11H,12-17H2/b7-6+. The molecule has 0 saturated carbocycles. The molecule has 0 saturated heterocycles. The van der Waals surface area contributed by atoms with Gasteiger partial charge < -0.3 is 14.2 Å². The molecule has 0 N–H and O–H groups in total. The molecule has 4 heteroatoms. The van der Waals surface area contributed by atoms with Crippen LogP contribution in [0.2, 0.25) is 0 Å². The van der Waals surface area contributed by atoms with Crippen LogP contribution < -0.4 is 4.74 Å². The number of rotatable bonds is 11. The van der Waals surface area contributed by atoms with Crippen molar-refractivity contribution in [1.29, 1.82) is 0 Å². The van der Waals surface area contributed by atoms with E-state index in [1.54, 1.807) is 0 Å². The van der Waals surface area contributed by atoms with Crippen LogP contribution in [0.15, 0.2) is 54.6 Å². The lowest BCUT2D eigenvalue weighted by molar-refractivity contribution is 0.0325. The smallest absolute Gasteiger partial charge is 0.119 e. The van der Waals surface area contributed by atoms with Crippen molar-refractivity contribution in [3.8, 4) is 5.75 Å². The molecule has 128 valence electrons. The van der Waals surface area contributed by atoms with Gasteiger partial charge in [-0.2, -0.15) is 0 Å². The van der Waals surface area contributed by atoms with Gasteiger partial charge >= 0.3 is 0 Å². The third kappa shape index (κ3) is 7.40. The van der Waals surface area contributed by atoms with Crippen molar-refractivity contribution in [3.05, 3.63) is 65.7 Å². The van der Waals surface area contributed by atoms with Crippen molar-refractivity contribution >= 4 is 12.2 Å². The van der Waals surface area contributed by atoms with Crippen molar-refractivity contribution in [2.75, 3.05) is 39.7 Å². The lowest BCUT2D eigenvalue weighted by Gasteiger charge is -2.07. The Morgan fingerprint density at radius 3 is 1.92 bits per heavy atom. The van der Waals surface area contributed by atoms with Gasteiger partial charge in [-0.25, -0.2) is 4.39 Å². The Kier molecular flexibility index (Phi) is 8.62. The van der Waals surface area contributed by atoms with Crippen LogP contribution in [0, 0.1) is 0 Å². The average Bonchev–Trinajstić information content (AvgIpc) is 2.64. The fraction of sp³-hybridized carbons (Fsp3) is 0.300. The molecule has 0 unspecified atom stereocenters. The molecule has 0 aliphatic heterocycles. The molecule has 0 spiro atoms. The van der Waals surface area contributed by atoms with Crippen LogP contribution in [0.5, 0.6) is 5.75 Å². The van der Waals surface area contributed by atoms with Crippen molar-refractivity contribution < 1.29 is 18.6 Å². The summed E-state index contributed by atoms with van der Waals surface area (Å²) in [6.45, 7) is 1.49. The van der Waals surface area contributed by atoms with E-state index in [0.29, 0.717) is 26.4 Å². The van der Waals surface area contributed by atoms with E-state index in [0.717, 1.165) is 11.3 Å². The van der Waals surface area contributed by atoms with Gasteiger partial charge in [0.15, 0.2) is 0 Å². The average molecular weight is 330 g/mol. The predicted octanol–water partition coefficient (Wildman–Crippen LogP) is 4.24. The highest BCUT2D eigenvalue weighted by Crippen LogP contribution is 2.14. The lowest BCUT2D eigenvalue weighted by atomic mass is 10.1. The number of ether oxygens (including phenoxy) is 3. The molecule has 2 aromatic rings. The van der Waals surface area contributed by atoms with E-state index in [-0.39, 0.29) is 6.61 Å². The van der Waals surface area contributed by atoms with E-state index in [1.807, 2.05) is 42.5 Å². The number of hydrogen-bond acceptors (Lipinski definition) is 3. The predicted molar refractivity (Wildman–Crippen MR) is 94.9 cm³/mol. The lowest BCUT2D eigenvalue weighted by Crippen LogP contribution is -2.11. The molecule has 3 nitrogen and oxygen atoms in total. The first-order chi connectivity index (χ1) is 11.9. The summed E-state index contributed by atoms with van der Waals surface area (Å²) in [5.74, 6) is 0.809. The van der Waals surface area contributed by atoms with Gasteiger partial charge in [-0.15, -0.1) is 0 Å². The van der Waals surface area contributed by atoms with Crippen LogP contribution in [-0.2, 0) is 9.47 Å². The maximum absolute atomic E-state index is 11.8. The van der Waals surface area contributed by atoms with Gasteiger partial charge in [-0.1, -0.05) is 54.6 Å². The molecule has 0 aliphatic rings. The maximum Gasteiger partial charge on any atom is 0.119 e. The molecule has 0 amide bonds. The molecular formula is C20H23FO3. The maximum atomic E-state index is 11.8. The van der Waals surface area contributed by atoms with E-state index >= 15 is 0 Å². The minimum absolute atomic E-state index is 0.130. The zero-order valence-electron chi connectivity index (χ0n) is 13.7. The second-order valence-corrected chi connectivity index (χ2v) is 5.08. The molecule has 0 radical (unpaired) electrons. The zero-order chi connectivity index (χ0) is 16.9. The SMILES string of the molecule is FCCOCCOCCOc1ccc(/C=C/c2ccccc2)cc1. The Labute approximate surface area is 142 Å². The minimum atomic E-state index is -0.459. The quantitative estimate of drug-likeness (QED) is 0.456. The van der Waals surface area contributed by atoms with Gasteiger partial charge in [-0.3, -0.25) is 0 Å². The Morgan fingerprint density at radius 1 is 0.667 bits per heavy atom. The first-order valence-corrected chi connectivity index (χ1v) is 8.06. The third-order valence-electron chi connectivity index (χ3n) is 3.24. The Morgan fingerprint density at radius 2 is 1.25 bits per heavy atom. The number of hydrogen-bond donors (Lipinski definition) is 0. The first-order valence-electron chi connectivity index (χ1n) is 8.06. The van der Waals surface area contributed by atoms with Gasteiger partial charge in [-0.05, 0) is 23.3 Å². The van der Waals surface area contributed by atoms with Crippen LogP contribution in [0.3, 0.4) is 0 Å². The van der Waals surface area contributed by atoms with Crippen LogP contribution in [0.25, 0.3) is 12.2 Å². The van der Waals surface area contributed by atoms with E-state index in [9.17, 15) is 4.39 Å². The highest BCUT2D eigenvalue weighted by Gasteiger charge is 1.95. The third-order valence-corrected chi connectivity index (χ3v) is 3.24. The van der Waals surface area contributed by atoms with Crippen LogP contribution in [-0.4, -0.2) is 39.7 Å². The second kappa shape index (κ2) is 11.4. The van der Waals surface area contributed by atoms with Crippen LogP contribution >= 0.6 is 0 Å². The van der Waals surface area contributed by atoms with E-state index in [4.69, 9.17) is 14.2 Å². The monoisotopic (exact) mass is 330 g/mol. The molecule has 0 aromatic heterocycles. The van der Waals surface area contributed by atoms with Crippen molar-refractivity contribution in [1.82, 2.24) is 0 Å².